The van der Waals surface area contributed by atoms with Gasteiger partial charge in [-0.15, -0.1) is 0 Å². The number of nitrogens with one attached hydrogen (secondary N) is 1. The first-order valence-electron chi connectivity index (χ1n) is 7.38. The highest BCUT2D eigenvalue weighted by molar-refractivity contribution is 14.1. The van der Waals surface area contributed by atoms with Gasteiger partial charge in [-0.05, 0) is 78.9 Å². The Morgan fingerprint density at radius 3 is 2.48 bits per heavy atom. The van der Waals surface area contributed by atoms with Gasteiger partial charge in [0.25, 0.3) is 0 Å². The molecule has 1 nitrogen and oxygen atoms in total. The molecule has 1 aromatic rings. The third kappa shape index (κ3) is 4.84. The molecule has 2 rings (SSSR count). The second kappa shape index (κ2) is 7.31. The van der Waals surface area contributed by atoms with Crippen LogP contribution < -0.4 is 5.32 Å². The molecule has 0 aliphatic heterocycles. The molecule has 0 bridgehead atoms. The topological polar surface area (TPSA) is 12.0 Å². The molecule has 3 unspecified atom stereocenters. The fraction of sp³-hybridized carbons (Fsp3) is 0.625. The number of likely N-dealkylation sites (N-methyl/N-ethyl adjacent to an activating group) is 1. The van der Waals surface area contributed by atoms with E-state index in [0.29, 0.717) is 12.8 Å². The molecular formula is C16H21F3IN. The minimum atomic E-state index is -4.04. The van der Waals surface area contributed by atoms with Gasteiger partial charge >= 0.3 is 6.18 Å². The van der Waals surface area contributed by atoms with Crippen LogP contribution in [0.4, 0.5) is 13.2 Å². The lowest BCUT2D eigenvalue weighted by Crippen LogP contribution is -2.40. The highest BCUT2D eigenvalue weighted by atomic mass is 127. The molecule has 0 heterocycles. The normalized spacial score (nSPS) is 24.8. The Bertz CT molecular complexity index is 444. The predicted molar refractivity (Wildman–Crippen MR) is 87.2 cm³/mol. The zero-order valence-electron chi connectivity index (χ0n) is 12.1. The standard InChI is InChI=1S/C16H21F3IN/c1-21-15(9-11-5-7-14(20)8-6-11)12-3-2-4-13(10-12)16(17,18)19/h5-8,12-13,15,21H,2-4,9-10H2,1H3. The largest absolute Gasteiger partial charge is 0.391 e. The Hall–Kier alpha value is -0.300. The highest BCUT2D eigenvalue weighted by Crippen LogP contribution is 2.41. The summed E-state index contributed by atoms with van der Waals surface area (Å²) in [6, 6.07) is 8.34. The molecule has 1 saturated carbocycles. The van der Waals surface area contributed by atoms with Gasteiger partial charge in [0, 0.05) is 9.61 Å². The number of benzene rings is 1. The first kappa shape index (κ1) is 17.1. The van der Waals surface area contributed by atoms with E-state index in [1.54, 1.807) is 0 Å². The third-order valence-corrected chi connectivity index (χ3v) is 5.21. The second-order valence-corrected chi connectivity index (χ2v) is 7.14. The summed E-state index contributed by atoms with van der Waals surface area (Å²) in [6.07, 6.45) is -1.12. The predicted octanol–water partition coefficient (Wildman–Crippen LogP) is 4.79. The van der Waals surface area contributed by atoms with E-state index < -0.39 is 12.1 Å². The van der Waals surface area contributed by atoms with Crippen molar-refractivity contribution < 1.29 is 13.2 Å². The summed E-state index contributed by atoms with van der Waals surface area (Å²) in [4.78, 5) is 0. The molecule has 0 amide bonds. The van der Waals surface area contributed by atoms with Crippen molar-refractivity contribution in [3.63, 3.8) is 0 Å². The fourth-order valence-electron chi connectivity index (χ4n) is 3.27. The molecule has 0 saturated heterocycles. The van der Waals surface area contributed by atoms with Crippen LogP contribution in [-0.2, 0) is 6.42 Å². The van der Waals surface area contributed by atoms with Gasteiger partial charge in [0.2, 0.25) is 0 Å². The van der Waals surface area contributed by atoms with E-state index in [9.17, 15) is 13.2 Å². The summed E-state index contributed by atoms with van der Waals surface area (Å²) in [7, 11) is 1.86. The van der Waals surface area contributed by atoms with E-state index in [1.807, 2.05) is 19.2 Å². The summed E-state index contributed by atoms with van der Waals surface area (Å²) in [5.74, 6) is -1.02. The lowest BCUT2D eigenvalue weighted by molar-refractivity contribution is -0.186. The molecule has 5 heteroatoms. The molecule has 118 valence electrons. The Labute approximate surface area is 137 Å². The molecule has 3 atom stereocenters. The number of halogens is 4. The van der Waals surface area contributed by atoms with Crippen LogP contribution >= 0.6 is 22.6 Å². The van der Waals surface area contributed by atoms with Crippen molar-refractivity contribution in [1.82, 2.24) is 5.32 Å². The van der Waals surface area contributed by atoms with Crippen LogP contribution in [0.3, 0.4) is 0 Å². The van der Waals surface area contributed by atoms with Crippen molar-refractivity contribution in [2.75, 3.05) is 7.05 Å². The molecule has 1 fully saturated rings. The van der Waals surface area contributed by atoms with E-state index in [4.69, 9.17) is 0 Å². The molecule has 0 spiro atoms. The van der Waals surface area contributed by atoms with Crippen LogP contribution in [0.2, 0.25) is 0 Å². The summed E-state index contributed by atoms with van der Waals surface area (Å²) in [6.45, 7) is 0. The van der Waals surface area contributed by atoms with Crippen molar-refractivity contribution in [3.05, 3.63) is 33.4 Å². The zero-order chi connectivity index (χ0) is 15.5. The molecule has 1 aliphatic carbocycles. The van der Waals surface area contributed by atoms with E-state index >= 15 is 0 Å². The average Bonchev–Trinajstić information content (AvgIpc) is 2.46. The maximum atomic E-state index is 12.9. The molecule has 1 N–H and O–H groups in total. The van der Waals surface area contributed by atoms with Crippen molar-refractivity contribution in [1.29, 1.82) is 0 Å². The zero-order valence-corrected chi connectivity index (χ0v) is 14.2. The van der Waals surface area contributed by atoms with E-state index in [1.165, 1.54) is 9.13 Å². The van der Waals surface area contributed by atoms with Crippen molar-refractivity contribution in [3.8, 4) is 0 Å². The Morgan fingerprint density at radius 1 is 1.24 bits per heavy atom. The molecule has 0 aromatic heterocycles. The van der Waals surface area contributed by atoms with Gasteiger partial charge in [-0.3, -0.25) is 0 Å². The highest BCUT2D eigenvalue weighted by Gasteiger charge is 2.43. The van der Waals surface area contributed by atoms with Crippen LogP contribution in [0.1, 0.15) is 31.2 Å². The molecule has 0 radical (unpaired) electrons. The minimum absolute atomic E-state index is 0.106. The van der Waals surface area contributed by atoms with E-state index in [-0.39, 0.29) is 18.4 Å². The van der Waals surface area contributed by atoms with E-state index in [2.05, 4.69) is 40.0 Å². The fourth-order valence-corrected chi connectivity index (χ4v) is 3.63. The maximum Gasteiger partial charge on any atom is 0.391 e. The Kier molecular flexibility index (Phi) is 5.94. The van der Waals surface area contributed by atoms with Gasteiger partial charge in [0.05, 0.1) is 5.92 Å². The lowest BCUT2D eigenvalue weighted by Gasteiger charge is -2.35. The monoisotopic (exact) mass is 411 g/mol. The van der Waals surface area contributed by atoms with Crippen LogP contribution in [0, 0.1) is 15.4 Å². The van der Waals surface area contributed by atoms with Crippen LogP contribution in [0.5, 0.6) is 0 Å². The van der Waals surface area contributed by atoms with E-state index in [0.717, 1.165) is 12.8 Å². The van der Waals surface area contributed by atoms with Gasteiger partial charge in [0.1, 0.15) is 0 Å². The van der Waals surface area contributed by atoms with Gasteiger partial charge < -0.3 is 5.32 Å². The van der Waals surface area contributed by atoms with Crippen molar-refractivity contribution >= 4 is 22.6 Å². The maximum absolute atomic E-state index is 12.9. The molecule has 21 heavy (non-hydrogen) atoms. The summed E-state index contributed by atoms with van der Waals surface area (Å²) >= 11 is 2.25. The molecule has 1 aromatic carbocycles. The number of hydrogen-bond donors (Lipinski definition) is 1. The van der Waals surface area contributed by atoms with Crippen LogP contribution in [-0.4, -0.2) is 19.3 Å². The Morgan fingerprint density at radius 2 is 1.90 bits per heavy atom. The molecular weight excluding hydrogens is 390 g/mol. The number of hydrogen-bond acceptors (Lipinski definition) is 1. The quantitative estimate of drug-likeness (QED) is 0.703. The molecule has 1 aliphatic rings. The summed E-state index contributed by atoms with van der Waals surface area (Å²) < 4.78 is 40.0. The van der Waals surface area contributed by atoms with Gasteiger partial charge in [0.15, 0.2) is 0 Å². The second-order valence-electron chi connectivity index (χ2n) is 5.89. The first-order chi connectivity index (χ1) is 9.90. The lowest BCUT2D eigenvalue weighted by atomic mass is 9.76. The van der Waals surface area contributed by atoms with Crippen molar-refractivity contribution in [2.24, 2.45) is 11.8 Å². The number of rotatable bonds is 4. The van der Waals surface area contributed by atoms with Gasteiger partial charge in [-0.1, -0.05) is 18.6 Å². The smallest absolute Gasteiger partial charge is 0.316 e. The summed E-state index contributed by atoms with van der Waals surface area (Å²) in [5, 5.41) is 3.24. The summed E-state index contributed by atoms with van der Waals surface area (Å²) in [5.41, 5.74) is 1.18. The van der Waals surface area contributed by atoms with Crippen LogP contribution in [0.15, 0.2) is 24.3 Å². The number of alkyl halides is 3. The van der Waals surface area contributed by atoms with Crippen molar-refractivity contribution in [2.45, 2.75) is 44.3 Å². The minimum Gasteiger partial charge on any atom is -0.316 e. The Balaban J connectivity index is 2.01. The van der Waals surface area contributed by atoms with Gasteiger partial charge in [-0.25, -0.2) is 0 Å². The van der Waals surface area contributed by atoms with Gasteiger partial charge in [-0.2, -0.15) is 13.2 Å². The van der Waals surface area contributed by atoms with Crippen LogP contribution in [0.25, 0.3) is 0 Å². The third-order valence-electron chi connectivity index (χ3n) is 4.49. The SMILES string of the molecule is CNC(Cc1ccc(I)cc1)C1CCCC(C(F)(F)F)C1. The average molecular weight is 411 g/mol. The first-order valence-corrected chi connectivity index (χ1v) is 8.46.